The fraction of sp³-hybridized carbons (Fsp3) is 0.714. The maximum Gasteiger partial charge on any atom is 0.282 e. The summed E-state index contributed by atoms with van der Waals surface area (Å²) in [7, 11) is -1.83. The van der Waals surface area contributed by atoms with E-state index in [9.17, 15) is 8.42 Å². The van der Waals surface area contributed by atoms with E-state index in [1.54, 1.807) is 22.7 Å². The van der Waals surface area contributed by atoms with Crippen molar-refractivity contribution in [2.75, 3.05) is 20.2 Å². The van der Waals surface area contributed by atoms with E-state index in [1.807, 2.05) is 31.4 Å². The first kappa shape index (κ1) is 16.9. The molecule has 0 aliphatic carbocycles. The van der Waals surface area contributed by atoms with Gasteiger partial charge in [0.05, 0.1) is 6.10 Å². The highest BCUT2D eigenvalue weighted by Gasteiger charge is 2.32. The van der Waals surface area contributed by atoms with Gasteiger partial charge in [-0.25, -0.2) is 0 Å². The molecule has 1 aromatic rings. The predicted octanol–water partition coefficient (Wildman–Crippen LogP) is 2.31. The van der Waals surface area contributed by atoms with E-state index >= 15 is 0 Å². The second-order valence-electron chi connectivity index (χ2n) is 5.62. The van der Waals surface area contributed by atoms with Crippen LogP contribution in [0.2, 0.25) is 0 Å². The van der Waals surface area contributed by atoms with Crippen LogP contribution in [0.1, 0.15) is 31.6 Å². The summed E-state index contributed by atoms with van der Waals surface area (Å²) in [4.78, 5) is 1.05. The van der Waals surface area contributed by atoms with Gasteiger partial charge in [0, 0.05) is 37.7 Å². The summed E-state index contributed by atoms with van der Waals surface area (Å²) >= 11 is 1.58. The van der Waals surface area contributed by atoms with Gasteiger partial charge in [-0.3, -0.25) is 0 Å². The van der Waals surface area contributed by atoms with Gasteiger partial charge in [0.25, 0.3) is 10.2 Å². The Labute approximate surface area is 131 Å². The fourth-order valence-corrected chi connectivity index (χ4v) is 4.64. The van der Waals surface area contributed by atoms with Crippen LogP contribution in [-0.4, -0.2) is 49.4 Å². The molecule has 0 aromatic carbocycles. The maximum absolute atomic E-state index is 12.8. The van der Waals surface area contributed by atoms with Crippen LogP contribution in [0.25, 0.3) is 0 Å². The fourth-order valence-electron chi connectivity index (χ4n) is 2.28. The summed E-state index contributed by atoms with van der Waals surface area (Å²) in [5.74, 6) is 0. The minimum absolute atomic E-state index is 0.0142. The van der Waals surface area contributed by atoms with Crippen LogP contribution < -0.4 is 0 Å². The highest BCUT2D eigenvalue weighted by Crippen LogP contribution is 2.21. The van der Waals surface area contributed by atoms with Gasteiger partial charge in [-0.1, -0.05) is 6.07 Å². The molecule has 0 unspecified atom stereocenters. The Bertz CT molecular complexity index is 522. The van der Waals surface area contributed by atoms with Crippen molar-refractivity contribution in [1.29, 1.82) is 0 Å². The Morgan fingerprint density at radius 2 is 2.24 bits per heavy atom. The highest BCUT2D eigenvalue weighted by atomic mass is 32.2. The van der Waals surface area contributed by atoms with Crippen molar-refractivity contribution < 1.29 is 13.2 Å². The Balaban J connectivity index is 2.17. The van der Waals surface area contributed by atoms with Crippen molar-refractivity contribution in [3.63, 3.8) is 0 Å². The monoisotopic (exact) mass is 332 g/mol. The number of nitrogens with zero attached hydrogens (tertiary/aromatic N) is 2. The zero-order valence-electron chi connectivity index (χ0n) is 12.9. The summed E-state index contributed by atoms with van der Waals surface area (Å²) in [6.07, 6.45) is 1.96. The standard InChI is InChI=1S/C14H24N2O3S2/c1-12(2)15(3)21(17,18)16(10-13-6-4-8-19-13)11-14-7-5-9-20-14/h5,7,9,12-13H,4,6,8,10-11H2,1-3H3/t13-/m0/s1. The number of thiophene rings is 1. The molecule has 1 aliphatic heterocycles. The lowest BCUT2D eigenvalue weighted by molar-refractivity contribution is 0.0910. The predicted molar refractivity (Wildman–Crippen MR) is 85.5 cm³/mol. The van der Waals surface area contributed by atoms with Crippen LogP contribution in [-0.2, 0) is 21.5 Å². The minimum atomic E-state index is -3.47. The van der Waals surface area contributed by atoms with E-state index in [0.29, 0.717) is 13.1 Å². The lowest BCUT2D eigenvalue weighted by Gasteiger charge is -2.30. The number of ether oxygens (including phenoxy) is 1. The molecule has 21 heavy (non-hydrogen) atoms. The van der Waals surface area contributed by atoms with E-state index in [1.165, 1.54) is 4.31 Å². The van der Waals surface area contributed by atoms with Crippen LogP contribution in [0.3, 0.4) is 0 Å². The molecule has 1 saturated heterocycles. The molecule has 2 rings (SSSR count). The third-order valence-electron chi connectivity index (χ3n) is 3.76. The van der Waals surface area contributed by atoms with Gasteiger partial charge in [-0.2, -0.15) is 17.0 Å². The Morgan fingerprint density at radius 3 is 2.76 bits per heavy atom. The summed E-state index contributed by atoms with van der Waals surface area (Å²) < 4.78 is 34.2. The van der Waals surface area contributed by atoms with Crippen LogP contribution in [0, 0.1) is 0 Å². The molecule has 0 radical (unpaired) electrons. The van der Waals surface area contributed by atoms with Gasteiger partial charge in [0.2, 0.25) is 0 Å². The summed E-state index contributed by atoms with van der Waals surface area (Å²) in [6, 6.07) is 3.85. The normalized spacial score (nSPS) is 20.0. The van der Waals surface area contributed by atoms with Crippen molar-refractivity contribution in [3.8, 4) is 0 Å². The second-order valence-corrected chi connectivity index (χ2v) is 8.64. The van der Waals surface area contributed by atoms with E-state index in [2.05, 4.69) is 0 Å². The van der Waals surface area contributed by atoms with Crippen molar-refractivity contribution in [3.05, 3.63) is 22.4 Å². The Morgan fingerprint density at radius 1 is 1.48 bits per heavy atom. The minimum Gasteiger partial charge on any atom is -0.377 e. The molecule has 1 aromatic heterocycles. The van der Waals surface area contributed by atoms with E-state index < -0.39 is 10.2 Å². The Kier molecular flexibility index (Phi) is 5.79. The molecule has 0 amide bonds. The second kappa shape index (κ2) is 7.19. The molecule has 0 bridgehead atoms. The van der Waals surface area contributed by atoms with Crippen molar-refractivity contribution in [2.45, 2.75) is 45.4 Å². The van der Waals surface area contributed by atoms with Crippen molar-refractivity contribution in [2.24, 2.45) is 0 Å². The molecule has 120 valence electrons. The van der Waals surface area contributed by atoms with Gasteiger partial charge in [-0.15, -0.1) is 11.3 Å². The quantitative estimate of drug-likeness (QED) is 0.770. The molecule has 0 spiro atoms. The van der Waals surface area contributed by atoms with Crippen molar-refractivity contribution in [1.82, 2.24) is 8.61 Å². The zero-order valence-corrected chi connectivity index (χ0v) is 14.5. The van der Waals surface area contributed by atoms with Gasteiger partial charge in [0.1, 0.15) is 0 Å². The molecule has 0 saturated carbocycles. The first-order valence-electron chi connectivity index (χ1n) is 7.28. The first-order chi connectivity index (χ1) is 9.91. The molecule has 2 heterocycles. The lowest BCUT2D eigenvalue weighted by atomic mass is 10.2. The van der Waals surface area contributed by atoms with Crippen LogP contribution in [0.4, 0.5) is 0 Å². The molecule has 1 aliphatic rings. The van der Waals surface area contributed by atoms with E-state index in [-0.39, 0.29) is 12.1 Å². The first-order valence-corrected chi connectivity index (χ1v) is 9.56. The van der Waals surface area contributed by atoms with Gasteiger partial charge in [0.15, 0.2) is 0 Å². The van der Waals surface area contributed by atoms with E-state index in [4.69, 9.17) is 4.74 Å². The maximum atomic E-state index is 12.8. The summed E-state index contributed by atoms with van der Waals surface area (Å²) in [6.45, 7) is 5.34. The van der Waals surface area contributed by atoms with Crippen LogP contribution in [0.15, 0.2) is 17.5 Å². The zero-order chi connectivity index (χ0) is 15.5. The van der Waals surface area contributed by atoms with Crippen LogP contribution >= 0.6 is 11.3 Å². The average Bonchev–Trinajstić information content (AvgIpc) is 3.10. The molecule has 5 nitrogen and oxygen atoms in total. The Hall–Kier alpha value is -0.470. The van der Waals surface area contributed by atoms with E-state index in [0.717, 1.165) is 24.3 Å². The molecule has 1 fully saturated rings. The molecule has 1 atom stereocenters. The lowest BCUT2D eigenvalue weighted by Crippen LogP contribution is -2.46. The van der Waals surface area contributed by atoms with Gasteiger partial charge < -0.3 is 4.74 Å². The SMILES string of the molecule is CC(C)N(C)S(=O)(=O)N(Cc1cccs1)C[C@@H]1CCCO1. The molecule has 7 heteroatoms. The van der Waals surface area contributed by atoms with Gasteiger partial charge in [-0.05, 0) is 38.1 Å². The van der Waals surface area contributed by atoms with Crippen molar-refractivity contribution >= 4 is 21.5 Å². The topological polar surface area (TPSA) is 49.9 Å². The third-order valence-corrected chi connectivity index (χ3v) is 6.70. The molecule has 0 N–H and O–H groups in total. The summed E-state index contributed by atoms with van der Waals surface area (Å²) in [5.41, 5.74) is 0. The van der Waals surface area contributed by atoms with Crippen LogP contribution in [0.5, 0.6) is 0 Å². The van der Waals surface area contributed by atoms with Gasteiger partial charge >= 0.3 is 0 Å². The number of hydrogen-bond donors (Lipinski definition) is 0. The largest absolute Gasteiger partial charge is 0.377 e. The number of rotatable bonds is 7. The third kappa shape index (κ3) is 4.26. The average molecular weight is 332 g/mol. The highest BCUT2D eigenvalue weighted by molar-refractivity contribution is 7.86. The molecular weight excluding hydrogens is 308 g/mol. The number of hydrogen-bond acceptors (Lipinski definition) is 4. The summed E-state index contributed by atoms with van der Waals surface area (Å²) in [5, 5.41) is 1.97. The smallest absolute Gasteiger partial charge is 0.282 e. The molecular formula is C14H24N2O3S2.